The summed E-state index contributed by atoms with van der Waals surface area (Å²) in [5.41, 5.74) is 1.59. The third kappa shape index (κ3) is 3.19. The van der Waals surface area contributed by atoms with Crippen molar-refractivity contribution in [3.05, 3.63) is 46.1 Å². The Bertz CT molecular complexity index is 662. The Morgan fingerprint density at radius 2 is 2.05 bits per heavy atom. The minimum Gasteiger partial charge on any atom is -0.316 e. The molecular weight excluding hydrogens is 266 g/mol. The summed E-state index contributed by atoms with van der Waals surface area (Å²) in [6.45, 7) is 6.38. The Morgan fingerprint density at radius 3 is 2.62 bits per heavy atom. The Morgan fingerprint density at radius 1 is 1.33 bits per heavy atom. The van der Waals surface area contributed by atoms with Crippen LogP contribution in [0.5, 0.6) is 0 Å². The van der Waals surface area contributed by atoms with E-state index in [-0.39, 0.29) is 22.1 Å². The molecule has 1 N–H and O–H groups in total. The van der Waals surface area contributed by atoms with Gasteiger partial charge in [-0.15, -0.1) is 0 Å². The van der Waals surface area contributed by atoms with Crippen LogP contribution >= 0.6 is 0 Å². The van der Waals surface area contributed by atoms with Crippen molar-refractivity contribution in [3.63, 3.8) is 0 Å². The van der Waals surface area contributed by atoms with Gasteiger partial charge in [0, 0.05) is 17.8 Å². The molecular formula is C16H21N3O2. The largest absolute Gasteiger partial charge is 0.316 e. The molecule has 21 heavy (non-hydrogen) atoms. The molecule has 1 unspecified atom stereocenters. The fourth-order valence-electron chi connectivity index (χ4n) is 2.62. The van der Waals surface area contributed by atoms with E-state index in [1.807, 2.05) is 19.2 Å². The monoisotopic (exact) mass is 287 g/mol. The lowest BCUT2D eigenvalue weighted by molar-refractivity contribution is -0.383. The standard InChI is InChI=1S/C16H21N3O2/c1-16(2,3)14(17-4)10-11-7-8-13-12(6-5-9-18-13)15(11)19(20)21/h5-9,14,17H,10H2,1-4H3. The maximum atomic E-state index is 11.5. The number of nitrogens with one attached hydrogen (secondary N) is 1. The van der Waals surface area contributed by atoms with Gasteiger partial charge in [-0.05, 0) is 43.1 Å². The van der Waals surface area contributed by atoms with Crippen LogP contribution in [0.1, 0.15) is 26.3 Å². The van der Waals surface area contributed by atoms with Crippen molar-refractivity contribution in [2.24, 2.45) is 5.41 Å². The number of nitro benzene ring substituents is 1. The third-order valence-electron chi connectivity index (χ3n) is 3.84. The normalized spacial score (nSPS) is 13.3. The highest BCUT2D eigenvalue weighted by molar-refractivity contribution is 5.89. The first-order valence-corrected chi connectivity index (χ1v) is 7.03. The van der Waals surface area contributed by atoms with E-state index in [1.54, 1.807) is 18.3 Å². The molecule has 0 fully saturated rings. The van der Waals surface area contributed by atoms with E-state index < -0.39 is 0 Å². The zero-order valence-corrected chi connectivity index (χ0v) is 12.9. The molecule has 0 aliphatic carbocycles. The Balaban J connectivity index is 2.54. The minimum atomic E-state index is -0.297. The summed E-state index contributed by atoms with van der Waals surface area (Å²) in [6, 6.07) is 7.33. The highest BCUT2D eigenvalue weighted by Gasteiger charge is 2.27. The average molecular weight is 287 g/mol. The number of pyridine rings is 1. The fourth-order valence-corrected chi connectivity index (χ4v) is 2.62. The number of aromatic nitrogens is 1. The molecule has 0 spiro atoms. The summed E-state index contributed by atoms with van der Waals surface area (Å²) in [6.07, 6.45) is 2.26. The molecule has 0 bridgehead atoms. The molecule has 112 valence electrons. The second-order valence-electron chi connectivity index (χ2n) is 6.31. The summed E-state index contributed by atoms with van der Waals surface area (Å²) < 4.78 is 0. The second-order valence-corrected chi connectivity index (χ2v) is 6.31. The summed E-state index contributed by atoms with van der Waals surface area (Å²) in [4.78, 5) is 15.4. The number of likely N-dealkylation sites (N-methyl/N-ethyl adjacent to an activating group) is 1. The van der Waals surface area contributed by atoms with Gasteiger partial charge < -0.3 is 5.32 Å². The lowest BCUT2D eigenvalue weighted by Crippen LogP contribution is -2.39. The van der Waals surface area contributed by atoms with E-state index in [2.05, 4.69) is 31.1 Å². The van der Waals surface area contributed by atoms with Crippen LogP contribution in [0.25, 0.3) is 10.9 Å². The van der Waals surface area contributed by atoms with Crippen LogP contribution in [0.4, 0.5) is 5.69 Å². The number of nitro groups is 1. The second kappa shape index (κ2) is 5.77. The van der Waals surface area contributed by atoms with Gasteiger partial charge in [-0.25, -0.2) is 0 Å². The smallest absolute Gasteiger partial charge is 0.281 e. The molecule has 5 nitrogen and oxygen atoms in total. The molecule has 0 radical (unpaired) electrons. The first-order valence-electron chi connectivity index (χ1n) is 7.03. The molecule has 0 aliphatic heterocycles. The lowest BCUT2D eigenvalue weighted by Gasteiger charge is -2.30. The van der Waals surface area contributed by atoms with E-state index in [0.29, 0.717) is 17.3 Å². The summed E-state index contributed by atoms with van der Waals surface area (Å²) in [5.74, 6) is 0. The average Bonchev–Trinajstić information content (AvgIpc) is 2.42. The van der Waals surface area contributed by atoms with Crippen molar-refractivity contribution in [2.75, 3.05) is 7.05 Å². The number of fused-ring (bicyclic) bond motifs is 1. The Kier molecular flexibility index (Phi) is 4.23. The molecule has 5 heteroatoms. The minimum absolute atomic E-state index is 0.0204. The van der Waals surface area contributed by atoms with Gasteiger partial charge in [-0.1, -0.05) is 20.8 Å². The fraction of sp³-hybridized carbons (Fsp3) is 0.438. The molecule has 1 atom stereocenters. The van der Waals surface area contributed by atoms with Gasteiger partial charge in [0.25, 0.3) is 5.69 Å². The maximum Gasteiger partial charge on any atom is 0.281 e. The summed E-state index contributed by atoms with van der Waals surface area (Å²) >= 11 is 0. The van der Waals surface area contributed by atoms with Crippen LogP contribution < -0.4 is 5.32 Å². The van der Waals surface area contributed by atoms with Crippen LogP contribution in [-0.4, -0.2) is 23.0 Å². The Hall–Kier alpha value is -2.01. The zero-order valence-electron chi connectivity index (χ0n) is 12.9. The molecule has 1 heterocycles. The maximum absolute atomic E-state index is 11.5. The van der Waals surface area contributed by atoms with Crippen molar-refractivity contribution >= 4 is 16.6 Å². The highest BCUT2D eigenvalue weighted by Crippen LogP contribution is 2.31. The van der Waals surface area contributed by atoms with Crippen molar-refractivity contribution < 1.29 is 4.92 Å². The van der Waals surface area contributed by atoms with Crippen LogP contribution in [0.3, 0.4) is 0 Å². The summed E-state index contributed by atoms with van der Waals surface area (Å²) in [5, 5.41) is 15.4. The molecule has 0 aliphatic rings. The zero-order chi connectivity index (χ0) is 15.6. The quantitative estimate of drug-likeness (QED) is 0.692. The van der Waals surface area contributed by atoms with E-state index >= 15 is 0 Å². The van der Waals surface area contributed by atoms with E-state index in [9.17, 15) is 10.1 Å². The van der Waals surface area contributed by atoms with Gasteiger partial charge in [-0.3, -0.25) is 15.1 Å². The van der Waals surface area contributed by atoms with E-state index in [0.717, 1.165) is 5.56 Å². The van der Waals surface area contributed by atoms with Crippen LogP contribution in [0, 0.1) is 15.5 Å². The van der Waals surface area contributed by atoms with Crippen LogP contribution in [0.15, 0.2) is 30.5 Å². The SMILES string of the molecule is CNC(Cc1ccc2ncccc2c1[N+](=O)[O-])C(C)(C)C. The molecule has 2 aromatic rings. The van der Waals surface area contributed by atoms with Crippen LogP contribution in [0.2, 0.25) is 0 Å². The van der Waals surface area contributed by atoms with Gasteiger partial charge in [-0.2, -0.15) is 0 Å². The van der Waals surface area contributed by atoms with Crippen molar-refractivity contribution in [3.8, 4) is 0 Å². The van der Waals surface area contributed by atoms with Gasteiger partial charge in [0.2, 0.25) is 0 Å². The van der Waals surface area contributed by atoms with Gasteiger partial charge in [0.15, 0.2) is 0 Å². The summed E-state index contributed by atoms with van der Waals surface area (Å²) in [7, 11) is 1.89. The highest BCUT2D eigenvalue weighted by atomic mass is 16.6. The van der Waals surface area contributed by atoms with Gasteiger partial charge in [0.1, 0.15) is 0 Å². The molecule has 1 aromatic carbocycles. The Labute approximate surface area is 124 Å². The van der Waals surface area contributed by atoms with Gasteiger partial charge in [0.05, 0.1) is 15.8 Å². The van der Waals surface area contributed by atoms with Gasteiger partial charge >= 0.3 is 0 Å². The molecule has 0 saturated carbocycles. The first-order chi connectivity index (χ1) is 9.84. The lowest BCUT2D eigenvalue weighted by atomic mass is 9.82. The molecule has 1 aromatic heterocycles. The van der Waals surface area contributed by atoms with E-state index in [4.69, 9.17) is 0 Å². The van der Waals surface area contributed by atoms with Crippen molar-refractivity contribution in [1.82, 2.24) is 10.3 Å². The number of benzene rings is 1. The molecule has 0 saturated heterocycles. The number of hydrogen-bond acceptors (Lipinski definition) is 4. The van der Waals surface area contributed by atoms with Crippen LogP contribution in [-0.2, 0) is 6.42 Å². The van der Waals surface area contributed by atoms with Crippen molar-refractivity contribution in [1.29, 1.82) is 0 Å². The number of nitrogens with zero attached hydrogens (tertiary/aromatic N) is 2. The predicted octanol–water partition coefficient (Wildman–Crippen LogP) is 3.32. The molecule has 2 rings (SSSR count). The first kappa shape index (κ1) is 15.4. The number of rotatable bonds is 4. The van der Waals surface area contributed by atoms with Crippen molar-refractivity contribution in [2.45, 2.75) is 33.2 Å². The molecule has 0 amide bonds. The number of hydrogen-bond donors (Lipinski definition) is 1. The predicted molar refractivity (Wildman–Crippen MR) is 84.4 cm³/mol. The topological polar surface area (TPSA) is 68.1 Å². The third-order valence-corrected chi connectivity index (χ3v) is 3.84. The van der Waals surface area contributed by atoms with E-state index in [1.165, 1.54) is 0 Å².